The van der Waals surface area contributed by atoms with Crippen LogP contribution in [0.2, 0.25) is 0 Å². The van der Waals surface area contributed by atoms with Crippen molar-refractivity contribution in [3.63, 3.8) is 0 Å². The molecular weight excluding hydrogens is 276 g/mol. The second-order valence-electron chi connectivity index (χ2n) is 4.85. The first-order valence-electron chi connectivity index (χ1n) is 6.27. The highest BCUT2D eigenvalue weighted by Crippen LogP contribution is 2.24. The number of hydrogen-bond acceptors (Lipinski definition) is 9. The smallest absolute Gasteiger partial charge is 0.186 e. The van der Waals surface area contributed by atoms with Crippen LogP contribution in [-0.2, 0) is 18.9 Å². The van der Waals surface area contributed by atoms with Gasteiger partial charge >= 0.3 is 0 Å². The lowest BCUT2D eigenvalue weighted by Crippen LogP contribution is -2.60. The minimum absolute atomic E-state index is 0.116. The van der Waals surface area contributed by atoms with Gasteiger partial charge in [-0.05, 0) is 0 Å². The largest absolute Gasteiger partial charge is 0.388 e. The van der Waals surface area contributed by atoms with Crippen molar-refractivity contribution in [2.75, 3.05) is 20.3 Å². The van der Waals surface area contributed by atoms with Crippen LogP contribution >= 0.6 is 0 Å². The molecule has 0 aliphatic carbocycles. The third-order valence-corrected chi connectivity index (χ3v) is 3.41. The van der Waals surface area contributed by atoms with Gasteiger partial charge in [-0.2, -0.15) is 0 Å². The summed E-state index contributed by atoms with van der Waals surface area (Å²) in [5, 5.41) is 48.1. The predicted octanol–water partition coefficient (Wildman–Crippen LogP) is -3.46. The van der Waals surface area contributed by atoms with Gasteiger partial charge in [0.05, 0.1) is 13.2 Å². The van der Waals surface area contributed by atoms with E-state index in [9.17, 15) is 25.5 Å². The molecule has 0 spiro atoms. The van der Waals surface area contributed by atoms with Gasteiger partial charge in [-0.15, -0.1) is 0 Å². The van der Waals surface area contributed by atoms with Crippen molar-refractivity contribution in [1.82, 2.24) is 0 Å². The number of aliphatic hydroxyl groups excluding tert-OH is 5. The molecule has 8 atom stereocenters. The molecule has 0 saturated carbocycles. The van der Waals surface area contributed by atoms with Crippen LogP contribution in [-0.4, -0.2) is 95.1 Å². The maximum atomic E-state index is 9.89. The topological polar surface area (TPSA) is 138 Å². The third kappa shape index (κ3) is 3.11. The quantitative estimate of drug-likeness (QED) is 0.359. The van der Waals surface area contributed by atoms with Crippen molar-refractivity contribution in [3.05, 3.63) is 0 Å². The number of rotatable bonds is 3. The van der Waals surface area contributed by atoms with Crippen molar-refractivity contribution >= 4 is 0 Å². The molecule has 0 aromatic heterocycles. The van der Waals surface area contributed by atoms with E-state index >= 15 is 0 Å². The molecule has 0 aromatic rings. The van der Waals surface area contributed by atoms with Gasteiger partial charge in [0.25, 0.3) is 0 Å². The summed E-state index contributed by atoms with van der Waals surface area (Å²) in [6.07, 6.45) is -9.94. The Balaban J connectivity index is 2.02. The summed E-state index contributed by atoms with van der Waals surface area (Å²) < 4.78 is 20.5. The first kappa shape index (κ1) is 16.0. The van der Waals surface area contributed by atoms with E-state index < -0.39 is 49.2 Å². The molecule has 2 aliphatic heterocycles. The summed E-state index contributed by atoms with van der Waals surface area (Å²) >= 11 is 0. The standard InChI is InChI=1S/C11H20O9/c1-17-11-9(7(15)5(13)3-19-11)20-10-8(16)6(14)4(12)2-18-10/h4-16H,2-3H2,1H3. The monoisotopic (exact) mass is 296 g/mol. The van der Waals surface area contributed by atoms with E-state index in [1.807, 2.05) is 0 Å². The molecule has 2 heterocycles. The van der Waals surface area contributed by atoms with Gasteiger partial charge in [0.15, 0.2) is 12.6 Å². The molecule has 2 saturated heterocycles. The Morgan fingerprint density at radius 3 is 1.95 bits per heavy atom. The zero-order chi connectivity index (χ0) is 14.9. The second-order valence-corrected chi connectivity index (χ2v) is 4.85. The fourth-order valence-electron chi connectivity index (χ4n) is 2.17. The lowest BCUT2D eigenvalue weighted by Gasteiger charge is -2.41. The molecular formula is C11H20O9. The summed E-state index contributed by atoms with van der Waals surface area (Å²) in [4.78, 5) is 0. The third-order valence-electron chi connectivity index (χ3n) is 3.41. The van der Waals surface area contributed by atoms with Crippen LogP contribution in [0.25, 0.3) is 0 Å². The Morgan fingerprint density at radius 2 is 1.35 bits per heavy atom. The minimum Gasteiger partial charge on any atom is -0.388 e. The number of ether oxygens (including phenoxy) is 4. The molecule has 5 N–H and O–H groups in total. The highest BCUT2D eigenvalue weighted by Gasteiger charge is 2.45. The fourth-order valence-corrected chi connectivity index (χ4v) is 2.17. The second kappa shape index (κ2) is 6.60. The minimum atomic E-state index is -1.50. The molecule has 0 aromatic carbocycles. The zero-order valence-electron chi connectivity index (χ0n) is 10.9. The van der Waals surface area contributed by atoms with E-state index in [4.69, 9.17) is 18.9 Å². The summed E-state index contributed by atoms with van der Waals surface area (Å²) in [6, 6.07) is 0. The van der Waals surface area contributed by atoms with Crippen molar-refractivity contribution in [2.45, 2.75) is 49.2 Å². The van der Waals surface area contributed by atoms with E-state index in [-0.39, 0.29) is 13.2 Å². The molecule has 8 unspecified atom stereocenters. The molecule has 2 rings (SSSR count). The molecule has 0 amide bonds. The van der Waals surface area contributed by atoms with Crippen molar-refractivity contribution in [1.29, 1.82) is 0 Å². The van der Waals surface area contributed by atoms with Crippen molar-refractivity contribution in [2.24, 2.45) is 0 Å². The molecule has 0 radical (unpaired) electrons. The fraction of sp³-hybridized carbons (Fsp3) is 1.00. The van der Waals surface area contributed by atoms with Crippen LogP contribution in [0.15, 0.2) is 0 Å². The Labute approximate surface area is 115 Å². The van der Waals surface area contributed by atoms with E-state index in [1.165, 1.54) is 7.11 Å². The normalized spacial score (nSPS) is 50.1. The highest BCUT2D eigenvalue weighted by atomic mass is 16.7. The van der Waals surface area contributed by atoms with Crippen molar-refractivity contribution < 1.29 is 44.5 Å². The molecule has 20 heavy (non-hydrogen) atoms. The van der Waals surface area contributed by atoms with Crippen molar-refractivity contribution in [3.8, 4) is 0 Å². The van der Waals surface area contributed by atoms with Crippen LogP contribution in [0.1, 0.15) is 0 Å². The SMILES string of the molecule is COC1OCC(O)C(O)C1OC1OCC(O)C(O)C1O. The first-order chi connectivity index (χ1) is 9.45. The molecule has 9 heteroatoms. The van der Waals surface area contributed by atoms with E-state index in [1.54, 1.807) is 0 Å². The maximum Gasteiger partial charge on any atom is 0.186 e. The molecule has 2 fully saturated rings. The Bertz CT molecular complexity index is 312. The lowest BCUT2D eigenvalue weighted by molar-refractivity contribution is -0.340. The molecule has 0 bridgehead atoms. The Morgan fingerprint density at radius 1 is 0.800 bits per heavy atom. The van der Waals surface area contributed by atoms with Gasteiger partial charge in [-0.1, -0.05) is 0 Å². The lowest BCUT2D eigenvalue weighted by atomic mass is 10.0. The molecule has 2 aliphatic rings. The van der Waals surface area contributed by atoms with Gasteiger partial charge in [-0.3, -0.25) is 0 Å². The van der Waals surface area contributed by atoms with Gasteiger partial charge in [0, 0.05) is 7.11 Å². The van der Waals surface area contributed by atoms with Gasteiger partial charge < -0.3 is 44.5 Å². The summed E-state index contributed by atoms with van der Waals surface area (Å²) in [6.45, 7) is -0.346. The number of aliphatic hydroxyl groups is 5. The summed E-state index contributed by atoms with van der Waals surface area (Å²) in [7, 11) is 1.34. The van der Waals surface area contributed by atoms with Crippen LogP contribution in [0.4, 0.5) is 0 Å². The summed E-state index contributed by atoms with van der Waals surface area (Å²) in [5.74, 6) is 0. The first-order valence-corrected chi connectivity index (χ1v) is 6.27. The van der Waals surface area contributed by atoms with Crippen LogP contribution in [0, 0.1) is 0 Å². The van der Waals surface area contributed by atoms with Gasteiger partial charge in [0.1, 0.15) is 36.6 Å². The zero-order valence-corrected chi connectivity index (χ0v) is 10.9. The van der Waals surface area contributed by atoms with Crippen LogP contribution in [0.3, 0.4) is 0 Å². The highest BCUT2D eigenvalue weighted by molar-refractivity contribution is 4.88. The predicted molar refractivity (Wildman–Crippen MR) is 61.4 cm³/mol. The Hall–Kier alpha value is -0.360. The average molecular weight is 296 g/mol. The molecule has 9 nitrogen and oxygen atoms in total. The Kier molecular flexibility index (Phi) is 5.29. The van der Waals surface area contributed by atoms with E-state index in [2.05, 4.69) is 0 Å². The van der Waals surface area contributed by atoms with Crippen LogP contribution < -0.4 is 0 Å². The molecule has 118 valence electrons. The van der Waals surface area contributed by atoms with Gasteiger partial charge in [-0.25, -0.2) is 0 Å². The summed E-state index contributed by atoms with van der Waals surface area (Å²) in [5.41, 5.74) is 0. The van der Waals surface area contributed by atoms with E-state index in [0.717, 1.165) is 0 Å². The number of methoxy groups -OCH3 is 1. The maximum absolute atomic E-state index is 9.89. The number of hydrogen-bond donors (Lipinski definition) is 5. The van der Waals surface area contributed by atoms with E-state index in [0.29, 0.717) is 0 Å². The average Bonchev–Trinajstić information content (AvgIpc) is 2.44. The van der Waals surface area contributed by atoms with Crippen LogP contribution in [0.5, 0.6) is 0 Å². The van der Waals surface area contributed by atoms with Gasteiger partial charge in [0.2, 0.25) is 0 Å².